The molecule has 0 N–H and O–H groups in total. The van der Waals surface area contributed by atoms with Gasteiger partial charge in [-0.05, 0) is 42.2 Å². The molecule has 5 aromatic rings. The van der Waals surface area contributed by atoms with Crippen molar-refractivity contribution in [3.63, 3.8) is 0 Å². The number of hydrogen-bond acceptors (Lipinski definition) is 8. The fourth-order valence-electron chi connectivity index (χ4n) is 5.39. The smallest absolute Gasteiger partial charge is 0.338 e. The molecule has 3 heterocycles. The molecule has 0 fully saturated rings. The van der Waals surface area contributed by atoms with Crippen LogP contribution in [0.1, 0.15) is 55.2 Å². The quantitative estimate of drug-likeness (QED) is 0.0945. The average molecular weight is 689 g/mol. The molecule has 238 valence electrons. The number of nitrogens with zero attached hydrogens (tertiary/aromatic N) is 3. The first-order valence-corrected chi connectivity index (χ1v) is 16.3. The van der Waals surface area contributed by atoms with Crippen LogP contribution >= 0.6 is 34.5 Å². The number of nitro groups is 1. The number of rotatable bonds is 8. The number of benzene rings is 3. The lowest BCUT2D eigenvalue weighted by Gasteiger charge is -2.26. The van der Waals surface area contributed by atoms with Crippen molar-refractivity contribution in [2.45, 2.75) is 32.7 Å². The van der Waals surface area contributed by atoms with E-state index in [0.717, 1.165) is 22.5 Å². The third-order valence-corrected chi connectivity index (χ3v) is 9.29. The molecule has 0 saturated heterocycles. The van der Waals surface area contributed by atoms with E-state index in [2.05, 4.69) is 13.8 Å². The number of hydrogen-bond donors (Lipinski definition) is 0. The van der Waals surface area contributed by atoms with Gasteiger partial charge in [0.15, 0.2) is 4.80 Å². The second-order valence-electron chi connectivity index (χ2n) is 11.0. The van der Waals surface area contributed by atoms with Crippen molar-refractivity contribution >= 4 is 58.0 Å². The number of ether oxygens (including phenoxy) is 1. The molecule has 0 amide bonds. The molecule has 1 unspecified atom stereocenters. The number of furan rings is 1. The van der Waals surface area contributed by atoms with E-state index < -0.39 is 16.9 Å². The summed E-state index contributed by atoms with van der Waals surface area (Å²) in [5.41, 5.74) is 2.94. The van der Waals surface area contributed by atoms with Crippen LogP contribution < -0.4 is 14.9 Å². The number of halogens is 2. The largest absolute Gasteiger partial charge is 0.463 e. The minimum atomic E-state index is -0.808. The van der Waals surface area contributed by atoms with E-state index in [1.807, 2.05) is 54.6 Å². The van der Waals surface area contributed by atoms with Crippen LogP contribution in [0.5, 0.6) is 0 Å². The highest BCUT2D eigenvalue weighted by Gasteiger charge is 2.35. The van der Waals surface area contributed by atoms with Gasteiger partial charge in [0.1, 0.15) is 16.5 Å². The lowest BCUT2D eigenvalue weighted by atomic mass is 9.91. The molecule has 12 heteroatoms. The molecule has 47 heavy (non-hydrogen) atoms. The first kappa shape index (κ1) is 32.2. The molecule has 1 atom stereocenters. The summed E-state index contributed by atoms with van der Waals surface area (Å²) in [5, 5.41) is 11.3. The zero-order valence-electron chi connectivity index (χ0n) is 25.4. The highest BCUT2D eigenvalue weighted by molar-refractivity contribution is 7.07. The van der Waals surface area contributed by atoms with Crippen LogP contribution in [0, 0.1) is 10.1 Å². The summed E-state index contributed by atoms with van der Waals surface area (Å²) in [6.07, 6.45) is 1.59. The molecule has 9 nitrogen and oxygen atoms in total. The molecule has 0 bridgehead atoms. The Morgan fingerprint density at radius 2 is 1.81 bits per heavy atom. The zero-order valence-corrected chi connectivity index (χ0v) is 27.7. The van der Waals surface area contributed by atoms with E-state index in [0.29, 0.717) is 43.6 Å². The first-order valence-electron chi connectivity index (χ1n) is 14.7. The van der Waals surface area contributed by atoms with Crippen LogP contribution in [0.4, 0.5) is 5.69 Å². The molecule has 0 saturated carbocycles. The Morgan fingerprint density at radius 1 is 1.09 bits per heavy atom. The molecule has 1 aliphatic rings. The van der Waals surface area contributed by atoms with Gasteiger partial charge in [0.25, 0.3) is 11.2 Å². The van der Waals surface area contributed by atoms with Gasteiger partial charge in [-0.25, -0.2) is 9.79 Å². The van der Waals surface area contributed by atoms with Crippen LogP contribution in [-0.2, 0) is 9.53 Å². The molecular formula is C35H27Cl2N3O6S. The van der Waals surface area contributed by atoms with Crippen LogP contribution in [-0.4, -0.2) is 22.1 Å². The first-order chi connectivity index (χ1) is 22.6. The predicted octanol–water partition coefficient (Wildman–Crippen LogP) is 7.53. The Morgan fingerprint density at radius 3 is 2.47 bits per heavy atom. The SMILES string of the molecule is CCOC(=O)C1=C(c2ccccc2)N=c2s/c(=C/c3ccc(-c4cc(Cl)c([N+](=O)[O-])cc4Cl)o3)c(=O)n2C1c1ccc(C(C)C)cc1. The summed E-state index contributed by atoms with van der Waals surface area (Å²) in [4.78, 5) is 43.8. The lowest BCUT2D eigenvalue weighted by molar-refractivity contribution is -0.384. The minimum Gasteiger partial charge on any atom is -0.463 e. The predicted molar refractivity (Wildman–Crippen MR) is 182 cm³/mol. The van der Waals surface area contributed by atoms with Gasteiger partial charge in [-0.1, -0.05) is 103 Å². The highest BCUT2D eigenvalue weighted by atomic mass is 35.5. The monoisotopic (exact) mass is 687 g/mol. The molecule has 1 aliphatic heterocycles. The van der Waals surface area contributed by atoms with Crippen molar-refractivity contribution in [2.75, 3.05) is 6.61 Å². The normalized spacial score (nSPS) is 14.7. The molecule has 0 aliphatic carbocycles. The summed E-state index contributed by atoms with van der Waals surface area (Å²) < 4.78 is 13.4. The van der Waals surface area contributed by atoms with E-state index in [-0.39, 0.29) is 33.5 Å². The molecular weight excluding hydrogens is 661 g/mol. The lowest BCUT2D eigenvalue weighted by Crippen LogP contribution is -2.40. The van der Waals surface area contributed by atoms with Gasteiger partial charge in [0.2, 0.25) is 0 Å². The van der Waals surface area contributed by atoms with Gasteiger partial charge in [0, 0.05) is 23.3 Å². The number of fused-ring (bicyclic) bond motifs is 1. The third-order valence-electron chi connectivity index (χ3n) is 7.69. The topological polar surface area (TPSA) is 117 Å². The number of thiazole rings is 1. The van der Waals surface area contributed by atoms with Crippen molar-refractivity contribution in [2.24, 2.45) is 4.99 Å². The Kier molecular flexibility index (Phi) is 9.01. The second kappa shape index (κ2) is 13.2. The summed E-state index contributed by atoms with van der Waals surface area (Å²) in [5.74, 6) is 0.379. The number of esters is 1. The summed E-state index contributed by atoms with van der Waals surface area (Å²) in [6.45, 7) is 6.08. The number of aromatic nitrogens is 1. The van der Waals surface area contributed by atoms with Crippen LogP contribution in [0.3, 0.4) is 0 Å². The number of carbonyl (C=O) groups is 1. The van der Waals surface area contributed by atoms with E-state index in [9.17, 15) is 19.7 Å². The van der Waals surface area contributed by atoms with Crippen molar-refractivity contribution in [1.29, 1.82) is 0 Å². The van der Waals surface area contributed by atoms with Gasteiger partial charge >= 0.3 is 5.97 Å². The number of nitro benzene ring substituents is 1. The van der Waals surface area contributed by atoms with E-state index in [1.54, 1.807) is 25.1 Å². The Labute approximate surface area is 282 Å². The third kappa shape index (κ3) is 6.19. The maximum Gasteiger partial charge on any atom is 0.338 e. The molecule has 2 aromatic heterocycles. The standard InChI is InChI=1S/C35H27Cl2N3O6S/c1-4-45-34(42)30-31(21-8-6-5-7-9-21)38-35-39(32(30)22-12-10-20(11-13-22)19(2)3)33(41)29(47-35)16-23-14-15-28(46-23)24-17-26(37)27(40(43)44)18-25(24)36/h5-19,32H,4H2,1-3H3/b29-16+. The van der Waals surface area contributed by atoms with Crippen molar-refractivity contribution in [1.82, 2.24) is 4.57 Å². The molecule has 6 rings (SSSR count). The maximum atomic E-state index is 14.2. The van der Waals surface area contributed by atoms with Gasteiger partial charge in [0.05, 0.1) is 38.4 Å². The molecule has 3 aromatic carbocycles. The van der Waals surface area contributed by atoms with Crippen LogP contribution in [0.15, 0.2) is 98.6 Å². The van der Waals surface area contributed by atoms with E-state index in [1.165, 1.54) is 16.7 Å². The Balaban J connectivity index is 1.53. The summed E-state index contributed by atoms with van der Waals surface area (Å²) >= 11 is 13.6. The van der Waals surface area contributed by atoms with Crippen molar-refractivity contribution < 1.29 is 18.9 Å². The van der Waals surface area contributed by atoms with Crippen molar-refractivity contribution in [3.8, 4) is 11.3 Å². The fourth-order valence-corrected chi connectivity index (χ4v) is 6.85. The van der Waals surface area contributed by atoms with Gasteiger partial charge < -0.3 is 9.15 Å². The second-order valence-corrected chi connectivity index (χ2v) is 12.8. The van der Waals surface area contributed by atoms with Crippen molar-refractivity contribution in [3.05, 3.63) is 147 Å². The van der Waals surface area contributed by atoms with Gasteiger partial charge in [-0.15, -0.1) is 0 Å². The van der Waals surface area contributed by atoms with Crippen LogP contribution in [0.25, 0.3) is 23.1 Å². The Hall–Kier alpha value is -4.77. The maximum absolute atomic E-state index is 14.2. The molecule has 0 radical (unpaired) electrons. The van der Waals surface area contributed by atoms with E-state index in [4.69, 9.17) is 37.3 Å². The molecule has 0 spiro atoms. The van der Waals surface area contributed by atoms with E-state index >= 15 is 0 Å². The minimum absolute atomic E-state index is 0.0878. The van der Waals surface area contributed by atoms with Gasteiger partial charge in [-0.2, -0.15) is 0 Å². The fraction of sp³-hybridized carbons (Fsp3) is 0.171. The highest BCUT2D eigenvalue weighted by Crippen LogP contribution is 2.38. The van der Waals surface area contributed by atoms with Gasteiger partial charge in [-0.3, -0.25) is 19.5 Å². The van der Waals surface area contributed by atoms with Crippen LogP contribution in [0.2, 0.25) is 10.0 Å². The summed E-state index contributed by atoms with van der Waals surface area (Å²) in [6, 6.07) is 22.2. The number of carbonyl (C=O) groups excluding carboxylic acids is 1. The average Bonchev–Trinajstić information content (AvgIpc) is 3.65. The summed E-state index contributed by atoms with van der Waals surface area (Å²) in [7, 11) is 0. The zero-order chi connectivity index (χ0) is 33.4. The Bertz CT molecular complexity index is 2240.